The molecule has 1 unspecified atom stereocenters. The van der Waals surface area contributed by atoms with Gasteiger partial charge in [0.2, 0.25) is 0 Å². The van der Waals surface area contributed by atoms with Crippen molar-refractivity contribution in [1.82, 2.24) is 0 Å². The van der Waals surface area contributed by atoms with E-state index in [4.69, 9.17) is 14.2 Å². The molecule has 6 nitrogen and oxygen atoms in total. The van der Waals surface area contributed by atoms with Gasteiger partial charge >= 0.3 is 17.9 Å². The molecule has 0 N–H and O–H groups in total. The standard InChI is InChI=1S/C47H88O6/c1-4-7-10-13-15-17-19-21-22-23-24-25-26-28-29-31-34-37-40-46(49)52-43-44(42-51-45(48)39-36-33-12-9-6-3)53-47(50)41-38-35-32-30-27-20-18-16-14-11-8-5-2/h22-23,44H,4-21,24-43H2,1-3H3/b23-22-. The van der Waals surface area contributed by atoms with Crippen molar-refractivity contribution in [2.24, 2.45) is 0 Å². The van der Waals surface area contributed by atoms with Gasteiger partial charge in [-0.15, -0.1) is 0 Å². The van der Waals surface area contributed by atoms with Crippen LogP contribution in [0.1, 0.15) is 252 Å². The summed E-state index contributed by atoms with van der Waals surface area (Å²) in [4.78, 5) is 37.5. The van der Waals surface area contributed by atoms with Gasteiger partial charge in [0.25, 0.3) is 0 Å². The molecule has 0 aliphatic heterocycles. The zero-order valence-electron chi connectivity index (χ0n) is 35.6. The molecule has 0 fully saturated rings. The van der Waals surface area contributed by atoms with E-state index in [1.807, 2.05) is 0 Å². The first-order valence-corrected chi connectivity index (χ1v) is 23.2. The molecule has 53 heavy (non-hydrogen) atoms. The SMILES string of the molecule is CCCCCCCCC/C=C\CCCCCCCCCC(=O)OCC(COC(=O)CCCCCCC)OC(=O)CCCCCCCCCCCCCC. The van der Waals surface area contributed by atoms with Crippen LogP contribution < -0.4 is 0 Å². The number of carbonyl (C=O) groups excluding carboxylic acids is 3. The van der Waals surface area contributed by atoms with Gasteiger partial charge in [-0.3, -0.25) is 14.4 Å². The second-order valence-electron chi connectivity index (χ2n) is 15.7. The lowest BCUT2D eigenvalue weighted by Gasteiger charge is -2.18. The van der Waals surface area contributed by atoms with E-state index in [-0.39, 0.29) is 31.1 Å². The second kappa shape index (κ2) is 42.9. The van der Waals surface area contributed by atoms with Crippen molar-refractivity contribution < 1.29 is 28.6 Å². The number of carbonyl (C=O) groups is 3. The molecule has 0 radical (unpaired) electrons. The Bertz CT molecular complexity index is 824. The predicted octanol–water partition coefficient (Wildman–Crippen LogP) is 14.6. The minimum atomic E-state index is -0.761. The highest BCUT2D eigenvalue weighted by Gasteiger charge is 2.19. The summed E-state index contributed by atoms with van der Waals surface area (Å²) >= 11 is 0. The zero-order valence-corrected chi connectivity index (χ0v) is 35.6. The van der Waals surface area contributed by atoms with Crippen LogP contribution in [0.2, 0.25) is 0 Å². The number of unbranched alkanes of at least 4 members (excludes halogenated alkanes) is 29. The summed E-state index contributed by atoms with van der Waals surface area (Å²) in [6, 6.07) is 0. The molecule has 0 aromatic heterocycles. The van der Waals surface area contributed by atoms with Gasteiger partial charge in [-0.2, -0.15) is 0 Å². The summed E-state index contributed by atoms with van der Waals surface area (Å²) in [5, 5.41) is 0. The largest absolute Gasteiger partial charge is 0.462 e. The number of hydrogen-bond acceptors (Lipinski definition) is 6. The van der Waals surface area contributed by atoms with Crippen molar-refractivity contribution in [2.45, 2.75) is 258 Å². The Hall–Kier alpha value is -1.85. The molecule has 0 aliphatic carbocycles. The fourth-order valence-electron chi connectivity index (χ4n) is 6.73. The van der Waals surface area contributed by atoms with E-state index in [2.05, 4.69) is 32.9 Å². The molecule has 0 heterocycles. The van der Waals surface area contributed by atoms with Gasteiger partial charge in [0, 0.05) is 19.3 Å². The van der Waals surface area contributed by atoms with Gasteiger partial charge in [0.1, 0.15) is 13.2 Å². The lowest BCUT2D eigenvalue weighted by atomic mass is 10.0. The smallest absolute Gasteiger partial charge is 0.306 e. The van der Waals surface area contributed by atoms with Crippen LogP contribution in [-0.4, -0.2) is 37.2 Å². The Morgan fingerprint density at radius 3 is 0.943 bits per heavy atom. The van der Waals surface area contributed by atoms with E-state index in [0.717, 1.165) is 64.2 Å². The maximum absolute atomic E-state index is 12.6. The molecule has 0 spiro atoms. The average Bonchev–Trinajstić information content (AvgIpc) is 3.15. The van der Waals surface area contributed by atoms with Crippen molar-refractivity contribution in [1.29, 1.82) is 0 Å². The molecule has 0 aliphatic rings. The van der Waals surface area contributed by atoms with Crippen LogP contribution in [0.4, 0.5) is 0 Å². The molecular weight excluding hydrogens is 661 g/mol. The van der Waals surface area contributed by atoms with E-state index < -0.39 is 6.10 Å². The lowest BCUT2D eigenvalue weighted by Crippen LogP contribution is -2.30. The summed E-state index contributed by atoms with van der Waals surface area (Å²) in [5.41, 5.74) is 0. The minimum Gasteiger partial charge on any atom is -0.462 e. The average molecular weight is 749 g/mol. The van der Waals surface area contributed by atoms with Crippen LogP contribution >= 0.6 is 0 Å². The normalized spacial score (nSPS) is 12.0. The van der Waals surface area contributed by atoms with Crippen molar-refractivity contribution in [3.8, 4) is 0 Å². The molecular formula is C47H88O6. The van der Waals surface area contributed by atoms with Gasteiger partial charge in [0.15, 0.2) is 6.10 Å². The van der Waals surface area contributed by atoms with Crippen LogP contribution in [0, 0.1) is 0 Å². The first-order valence-electron chi connectivity index (χ1n) is 23.2. The summed E-state index contributed by atoms with van der Waals surface area (Å²) in [6.07, 6.45) is 45.1. The maximum atomic E-state index is 12.6. The molecule has 0 saturated carbocycles. The van der Waals surface area contributed by atoms with Crippen LogP contribution in [0.5, 0.6) is 0 Å². The number of allylic oxidation sites excluding steroid dienone is 2. The van der Waals surface area contributed by atoms with Crippen molar-refractivity contribution in [2.75, 3.05) is 13.2 Å². The number of hydrogen-bond donors (Lipinski definition) is 0. The summed E-state index contributed by atoms with van der Waals surface area (Å²) < 4.78 is 16.6. The first-order chi connectivity index (χ1) is 26.0. The van der Waals surface area contributed by atoms with E-state index in [9.17, 15) is 14.4 Å². The van der Waals surface area contributed by atoms with Gasteiger partial charge in [-0.1, -0.05) is 200 Å². The highest BCUT2D eigenvalue weighted by Crippen LogP contribution is 2.15. The number of esters is 3. The van der Waals surface area contributed by atoms with Gasteiger partial charge in [-0.25, -0.2) is 0 Å². The van der Waals surface area contributed by atoms with Gasteiger partial charge in [-0.05, 0) is 44.9 Å². The number of rotatable bonds is 42. The monoisotopic (exact) mass is 749 g/mol. The fraction of sp³-hybridized carbons (Fsp3) is 0.894. The van der Waals surface area contributed by atoms with Crippen molar-refractivity contribution >= 4 is 17.9 Å². The molecule has 1 atom stereocenters. The van der Waals surface area contributed by atoms with E-state index >= 15 is 0 Å². The zero-order chi connectivity index (χ0) is 38.7. The van der Waals surface area contributed by atoms with Crippen LogP contribution in [-0.2, 0) is 28.6 Å². The van der Waals surface area contributed by atoms with Gasteiger partial charge in [0.05, 0.1) is 0 Å². The third-order valence-electron chi connectivity index (χ3n) is 10.3. The molecule has 312 valence electrons. The molecule has 0 aromatic rings. The summed E-state index contributed by atoms with van der Waals surface area (Å²) in [5.74, 6) is -0.879. The van der Waals surface area contributed by atoms with Crippen molar-refractivity contribution in [3.63, 3.8) is 0 Å². The van der Waals surface area contributed by atoms with Crippen molar-refractivity contribution in [3.05, 3.63) is 12.2 Å². The minimum absolute atomic E-state index is 0.0692. The van der Waals surface area contributed by atoms with Gasteiger partial charge < -0.3 is 14.2 Å². The molecule has 0 aromatic carbocycles. The maximum Gasteiger partial charge on any atom is 0.306 e. The molecule has 0 amide bonds. The summed E-state index contributed by atoms with van der Waals surface area (Å²) in [7, 11) is 0. The third-order valence-corrected chi connectivity index (χ3v) is 10.3. The molecule has 0 bridgehead atoms. The van der Waals surface area contributed by atoms with Crippen LogP contribution in [0.15, 0.2) is 12.2 Å². The Morgan fingerprint density at radius 1 is 0.358 bits per heavy atom. The molecule has 6 heteroatoms. The topological polar surface area (TPSA) is 78.9 Å². The molecule has 0 rings (SSSR count). The first kappa shape index (κ1) is 51.1. The van der Waals surface area contributed by atoms with Crippen LogP contribution in [0.3, 0.4) is 0 Å². The Labute approximate surface area is 329 Å². The van der Waals surface area contributed by atoms with Crippen LogP contribution in [0.25, 0.3) is 0 Å². The second-order valence-corrected chi connectivity index (χ2v) is 15.7. The fourth-order valence-corrected chi connectivity index (χ4v) is 6.73. The highest BCUT2D eigenvalue weighted by atomic mass is 16.6. The quantitative estimate of drug-likeness (QED) is 0.0268. The Balaban J connectivity index is 4.16. The van der Waals surface area contributed by atoms with E-state index in [1.54, 1.807) is 0 Å². The Kier molecular flexibility index (Phi) is 41.4. The Morgan fingerprint density at radius 2 is 0.623 bits per heavy atom. The predicted molar refractivity (Wildman–Crippen MR) is 224 cm³/mol. The summed E-state index contributed by atoms with van der Waals surface area (Å²) in [6.45, 7) is 6.56. The number of ether oxygens (including phenoxy) is 3. The van der Waals surface area contributed by atoms with E-state index in [1.165, 1.54) is 148 Å². The van der Waals surface area contributed by atoms with E-state index in [0.29, 0.717) is 19.3 Å². The highest BCUT2D eigenvalue weighted by molar-refractivity contribution is 5.71. The lowest BCUT2D eigenvalue weighted by molar-refractivity contribution is -0.167. The molecule has 0 saturated heterocycles. The third kappa shape index (κ3) is 41.2.